The van der Waals surface area contributed by atoms with Crippen LogP contribution >= 0.6 is 0 Å². The van der Waals surface area contributed by atoms with Crippen molar-refractivity contribution >= 4 is 5.69 Å². The first kappa shape index (κ1) is 14.1. The van der Waals surface area contributed by atoms with E-state index in [4.69, 9.17) is 4.74 Å². The summed E-state index contributed by atoms with van der Waals surface area (Å²) in [4.78, 5) is 3.93. The monoisotopic (exact) mass is 297 g/mol. The Morgan fingerprint density at radius 1 is 1.23 bits per heavy atom. The highest BCUT2D eigenvalue weighted by Crippen LogP contribution is 2.24. The molecular weight excluding hydrogens is 281 g/mol. The summed E-state index contributed by atoms with van der Waals surface area (Å²) in [6.45, 7) is 0.515. The minimum Gasteiger partial charge on any atom is -0.495 e. The van der Waals surface area contributed by atoms with Gasteiger partial charge in [-0.25, -0.2) is 9.37 Å². The fraction of sp³-hybridized carbons (Fsp3) is 0.118. The van der Waals surface area contributed by atoms with Gasteiger partial charge in [-0.2, -0.15) is 0 Å². The van der Waals surface area contributed by atoms with Crippen LogP contribution in [0, 0.1) is 5.82 Å². The standard InChI is InChI=1S/C17H16FN3O/c1-22-17-5-3-2-4-15(17)20-11-13-6-7-16(14(18)10-13)21-9-8-19-12-21/h2-10,12,20H,11H2,1H3. The molecule has 0 amide bonds. The fourth-order valence-corrected chi connectivity index (χ4v) is 2.26. The summed E-state index contributed by atoms with van der Waals surface area (Å²) < 4.78 is 21.1. The molecule has 1 aromatic heterocycles. The van der Waals surface area contributed by atoms with E-state index in [1.54, 1.807) is 36.5 Å². The molecule has 4 nitrogen and oxygen atoms in total. The number of nitrogens with one attached hydrogen (secondary N) is 1. The highest BCUT2D eigenvalue weighted by atomic mass is 19.1. The summed E-state index contributed by atoms with van der Waals surface area (Å²) in [7, 11) is 1.63. The molecule has 3 aromatic rings. The van der Waals surface area contributed by atoms with Crippen LogP contribution in [0.5, 0.6) is 5.75 Å². The summed E-state index contributed by atoms with van der Waals surface area (Å²) >= 11 is 0. The summed E-state index contributed by atoms with van der Waals surface area (Å²) in [6, 6.07) is 12.8. The number of nitrogens with zero attached hydrogens (tertiary/aromatic N) is 2. The van der Waals surface area contributed by atoms with Crippen LogP contribution in [-0.2, 0) is 6.54 Å². The maximum Gasteiger partial charge on any atom is 0.147 e. The van der Waals surface area contributed by atoms with E-state index < -0.39 is 0 Å². The minimum atomic E-state index is -0.280. The highest BCUT2D eigenvalue weighted by molar-refractivity contribution is 5.56. The van der Waals surface area contributed by atoms with Gasteiger partial charge in [-0.15, -0.1) is 0 Å². The number of imidazole rings is 1. The quantitative estimate of drug-likeness (QED) is 0.781. The van der Waals surface area contributed by atoms with Crippen molar-refractivity contribution in [1.82, 2.24) is 9.55 Å². The predicted molar refractivity (Wildman–Crippen MR) is 83.8 cm³/mol. The number of halogens is 1. The third-order valence-corrected chi connectivity index (χ3v) is 3.38. The van der Waals surface area contributed by atoms with Crippen LogP contribution < -0.4 is 10.1 Å². The van der Waals surface area contributed by atoms with E-state index in [-0.39, 0.29) is 5.82 Å². The second-order valence-corrected chi connectivity index (χ2v) is 4.81. The van der Waals surface area contributed by atoms with Crippen LogP contribution in [0.2, 0.25) is 0 Å². The van der Waals surface area contributed by atoms with Crippen molar-refractivity contribution in [3.63, 3.8) is 0 Å². The molecule has 1 N–H and O–H groups in total. The largest absolute Gasteiger partial charge is 0.495 e. The molecule has 0 atom stereocenters. The molecule has 0 radical (unpaired) electrons. The van der Waals surface area contributed by atoms with Gasteiger partial charge in [0.25, 0.3) is 0 Å². The number of hydrogen-bond acceptors (Lipinski definition) is 3. The first-order valence-corrected chi connectivity index (χ1v) is 6.91. The molecule has 0 aliphatic carbocycles. The zero-order valence-corrected chi connectivity index (χ0v) is 12.2. The van der Waals surface area contributed by atoms with Crippen molar-refractivity contribution in [3.05, 3.63) is 72.6 Å². The van der Waals surface area contributed by atoms with Crippen LogP contribution in [-0.4, -0.2) is 16.7 Å². The lowest BCUT2D eigenvalue weighted by atomic mass is 10.2. The third-order valence-electron chi connectivity index (χ3n) is 3.38. The Hall–Kier alpha value is -2.82. The van der Waals surface area contributed by atoms with Gasteiger partial charge in [0.2, 0.25) is 0 Å². The number of rotatable bonds is 5. The number of anilines is 1. The highest BCUT2D eigenvalue weighted by Gasteiger charge is 2.06. The van der Waals surface area contributed by atoms with Gasteiger partial charge in [-0.3, -0.25) is 0 Å². The Labute approximate surface area is 128 Å². The SMILES string of the molecule is COc1ccccc1NCc1ccc(-n2ccnc2)c(F)c1. The second kappa shape index (κ2) is 6.30. The third kappa shape index (κ3) is 2.93. The normalized spacial score (nSPS) is 10.5. The van der Waals surface area contributed by atoms with Crippen molar-refractivity contribution in [3.8, 4) is 11.4 Å². The number of benzene rings is 2. The lowest BCUT2D eigenvalue weighted by Gasteiger charge is -2.12. The van der Waals surface area contributed by atoms with Gasteiger partial charge in [0.15, 0.2) is 0 Å². The van der Waals surface area contributed by atoms with Gasteiger partial charge in [0.05, 0.1) is 24.8 Å². The molecule has 0 unspecified atom stereocenters. The minimum absolute atomic E-state index is 0.280. The molecule has 5 heteroatoms. The number of ether oxygens (including phenoxy) is 1. The lowest BCUT2D eigenvalue weighted by molar-refractivity contribution is 0.416. The van der Waals surface area contributed by atoms with Gasteiger partial charge >= 0.3 is 0 Å². The molecule has 3 rings (SSSR count). The van der Waals surface area contributed by atoms with E-state index in [9.17, 15) is 4.39 Å². The number of para-hydroxylation sites is 2. The number of aromatic nitrogens is 2. The Kier molecular flexibility index (Phi) is 4.05. The molecule has 0 aliphatic heterocycles. The van der Waals surface area contributed by atoms with Crippen molar-refractivity contribution in [2.75, 3.05) is 12.4 Å². The van der Waals surface area contributed by atoms with Gasteiger partial charge in [-0.1, -0.05) is 18.2 Å². The Balaban J connectivity index is 1.75. The lowest BCUT2D eigenvalue weighted by Crippen LogP contribution is -2.03. The Morgan fingerprint density at radius 3 is 2.82 bits per heavy atom. The predicted octanol–water partition coefficient (Wildman–Crippen LogP) is 3.63. The molecule has 0 aliphatic rings. The van der Waals surface area contributed by atoms with Crippen LogP contribution in [0.4, 0.5) is 10.1 Å². The summed E-state index contributed by atoms with van der Waals surface area (Å²) in [5.74, 6) is 0.482. The van der Waals surface area contributed by atoms with E-state index in [0.717, 1.165) is 17.0 Å². The molecule has 0 spiro atoms. The first-order valence-electron chi connectivity index (χ1n) is 6.91. The van der Waals surface area contributed by atoms with Crippen molar-refractivity contribution in [2.45, 2.75) is 6.54 Å². The van der Waals surface area contributed by atoms with E-state index in [0.29, 0.717) is 12.2 Å². The zero-order chi connectivity index (χ0) is 15.4. The van der Waals surface area contributed by atoms with Crippen LogP contribution in [0.3, 0.4) is 0 Å². The maximum absolute atomic E-state index is 14.2. The smallest absolute Gasteiger partial charge is 0.147 e. The number of hydrogen-bond donors (Lipinski definition) is 1. The van der Waals surface area contributed by atoms with Crippen LogP contribution in [0.25, 0.3) is 5.69 Å². The molecule has 0 saturated heterocycles. The molecule has 0 bridgehead atoms. The zero-order valence-electron chi connectivity index (χ0n) is 12.2. The maximum atomic E-state index is 14.2. The van der Waals surface area contributed by atoms with Gasteiger partial charge < -0.3 is 14.6 Å². The van der Waals surface area contributed by atoms with E-state index in [1.807, 2.05) is 30.3 Å². The summed E-state index contributed by atoms with van der Waals surface area (Å²) in [6.07, 6.45) is 4.91. The average molecular weight is 297 g/mol. The summed E-state index contributed by atoms with van der Waals surface area (Å²) in [5.41, 5.74) is 2.22. The van der Waals surface area contributed by atoms with Crippen molar-refractivity contribution in [1.29, 1.82) is 0 Å². The van der Waals surface area contributed by atoms with E-state index in [2.05, 4.69) is 10.3 Å². The van der Waals surface area contributed by atoms with Crippen LogP contribution in [0.15, 0.2) is 61.2 Å². The molecule has 2 aromatic carbocycles. The summed E-state index contributed by atoms with van der Waals surface area (Å²) in [5, 5.41) is 3.25. The van der Waals surface area contributed by atoms with E-state index >= 15 is 0 Å². The fourth-order valence-electron chi connectivity index (χ4n) is 2.26. The molecule has 0 saturated carbocycles. The van der Waals surface area contributed by atoms with Gasteiger partial charge in [0, 0.05) is 18.9 Å². The number of methoxy groups -OCH3 is 1. The van der Waals surface area contributed by atoms with Gasteiger partial charge in [0.1, 0.15) is 11.6 Å². The molecule has 22 heavy (non-hydrogen) atoms. The van der Waals surface area contributed by atoms with Crippen molar-refractivity contribution in [2.24, 2.45) is 0 Å². The first-order chi connectivity index (χ1) is 10.8. The molecular formula is C17H16FN3O. The molecule has 1 heterocycles. The van der Waals surface area contributed by atoms with Gasteiger partial charge in [-0.05, 0) is 29.8 Å². The second-order valence-electron chi connectivity index (χ2n) is 4.81. The van der Waals surface area contributed by atoms with Crippen molar-refractivity contribution < 1.29 is 9.13 Å². The Bertz CT molecular complexity index is 756. The Morgan fingerprint density at radius 2 is 2.09 bits per heavy atom. The van der Waals surface area contributed by atoms with E-state index in [1.165, 1.54) is 6.07 Å². The topological polar surface area (TPSA) is 39.1 Å². The molecule has 112 valence electrons. The average Bonchev–Trinajstić information content (AvgIpc) is 3.07. The van der Waals surface area contributed by atoms with Crippen LogP contribution in [0.1, 0.15) is 5.56 Å². The molecule has 0 fully saturated rings.